The fourth-order valence-electron chi connectivity index (χ4n) is 3.87. The molecule has 5 rings (SSSR count). The van der Waals surface area contributed by atoms with Gasteiger partial charge in [0.25, 0.3) is 0 Å². The van der Waals surface area contributed by atoms with Crippen LogP contribution in [0, 0.1) is 13.8 Å². The Labute approximate surface area is 185 Å². The normalized spacial score (nSPS) is 11.8. The number of hydrogen-bond donors (Lipinski definition) is 1. The van der Waals surface area contributed by atoms with Crippen LogP contribution < -0.4 is 15.5 Å². The molecule has 0 fully saturated rings. The summed E-state index contributed by atoms with van der Waals surface area (Å²) in [5, 5.41) is 7.38. The van der Waals surface area contributed by atoms with E-state index >= 15 is 0 Å². The zero-order valence-electron chi connectivity index (χ0n) is 18.1. The maximum absolute atomic E-state index is 6.29. The second kappa shape index (κ2) is 8.15. The molecule has 0 spiro atoms. The van der Waals surface area contributed by atoms with Crippen LogP contribution in [-0.2, 0) is 0 Å². The maximum atomic E-state index is 6.29. The Morgan fingerprint density at radius 1 is 0.938 bits per heavy atom. The first-order valence-electron chi connectivity index (χ1n) is 10.3. The molecular weight excluding hydrogens is 400 g/mol. The van der Waals surface area contributed by atoms with Crippen LogP contribution in [0.5, 0.6) is 5.75 Å². The van der Waals surface area contributed by atoms with Crippen LogP contribution in [0.15, 0.2) is 82.6 Å². The van der Waals surface area contributed by atoms with Gasteiger partial charge in [0.05, 0.1) is 18.0 Å². The number of methoxy groups -OCH3 is 1. The highest BCUT2D eigenvalue weighted by Crippen LogP contribution is 2.26. The number of nitrogens with zero attached hydrogens (tertiary/aromatic N) is 3. The van der Waals surface area contributed by atoms with Gasteiger partial charge in [0.2, 0.25) is 0 Å². The first-order valence-corrected chi connectivity index (χ1v) is 10.3. The van der Waals surface area contributed by atoms with E-state index in [2.05, 4.69) is 35.3 Å². The molecule has 0 unspecified atom stereocenters. The first kappa shape index (κ1) is 19.8. The summed E-state index contributed by atoms with van der Waals surface area (Å²) in [7, 11) is 1.65. The van der Waals surface area contributed by atoms with Crippen molar-refractivity contribution in [2.45, 2.75) is 13.8 Å². The summed E-state index contributed by atoms with van der Waals surface area (Å²) in [5.74, 6) is 2.17. The predicted molar refractivity (Wildman–Crippen MR) is 126 cm³/mol. The molecule has 0 radical (unpaired) electrons. The molecule has 0 aliphatic heterocycles. The van der Waals surface area contributed by atoms with Crippen molar-refractivity contribution in [1.82, 2.24) is 9.97 Å². The maximum Gasteiger partial charge on any atom is 0.157 e. The standard InChI is InChI=1S/C26H22N4O2/c1-16-12-17(2)25-22(29-30-26-20-6-4-5-7-21(20)27-15-28-26)14-23(32-24(25)13-16)18-8-10-19(31-3)11-9-18/h4-15H,1-3H3,(H,27,28,30). The summed E-state index contributed by atoms with van der Waals surface area (Å²) < 4.78 is 11.6. The fraction of sp³-hybridized carbons (Fsp3) is 0.115. The van der Waals surface area contributed by atoms with Crippen LogP contribution in [-0.4, -0.2) is 17.1 Å². The molecule has 2 aromatic heterocycles. The Kier molecular flexibility index (Phi) is 5.03. The largest absolute Gasteiger partial charge is 0.497 e. The predicted octanol–water partition coefficient (Wildman–Crippen LogP) is 5.60. The van der Waals surface area contributed by atoms with Crippen LogP contribution >= 0.6 is 0 Å². The Balaban J connectivity index is 1.69. The van der Waals surface area contributed by atoms with Crippen molar-refractivity contribution in [2.24, 2.45) is 5.10 Å². The van der Waals surface area contributed by atoms with Gasteiger partial charge in [0, 0.05) is 22.4 Å². The van der Waals surface area contributed by atoms with E-state index in [0.717, 1.165) is 55.4 Å². The van der Waals surface area contributed by atoms with Crippen LogP contribution in [0.1, 0.15) is 11.1 Å². The monoisotopic (exact) mass is 422 g/mol. The second-order valence-electron chi connectivity index (χ2n) is 7.64. The van der Waals surface area contributed by atoms with Crippen molar-refractivity contribution >= 4 is 27.7 Å². The van der Waals surface area contributed by atoms with Gasteiger partial charge in [0.1, 0.15) is 23.4 Å². The minimum Gasteiger partial charge on any atom is -0.497 e. The molecule has 0 saturated heterocycles. The Bertz CT molecular complexity index is 1500. The number of rotatable bonds is 4. The molecule has 158 valence electrons. The van der Waals surface area contributed by atoms with E-state index in [0.29, 0.717) is 5.82 Å². The summed E-state index contributed by atoms with van der Waals surface area (Å²) in [6, 6.07) is 21.7. The number of ether oxygens (including phenoxy) is 1. The molecule has 2 heterocycles. The molecule has 0 bridgehead atoms. The van der Waals surface area contributed by atoms with Gasteiger partial charge in [-0.15, -0.1) is 0 Å². The van der Waals surface area contributed by atoms with Crippen LogP contribution in [0.3, 0.4) is 0 Å². The van der Waals surface area contributed by atoms with E-state index in [1.54, 1.807) is 7.11 Å². The smallest absolute Gasteiger partial charge is 0.157 e. The SMILES string of the molecule is COc1ccc(-c2cc(=NNc3ncnc4ccccc34)c3c(C)cc(C)cc3o2)cc1. The van der Waals surface area contributed by atoms with Gasteiger partial charge < -0.3 is 9.15 Å². The van der Waals surface area contributed by atoms with Crippen molar-refractivity contribution in [3.05, 3.63) is 89.5 Å². The Morgan fingerprint density at radius 2 is 1.75 bits per heavy atom. The van der Waals surface area contributed by atoms with Gasteiger partial charge in [-0.2, -0.15) is 5.10 Å². The van der Waals surface area contributed by atoms with Crippen molar-refractivity contribution in [3.63, 3.8) is 0 Å². The van der Waals surface area contributed by atoms with Crippen LogP contribution in [0.25, 0.3) is 33.2 Å². The summed E-state index contributed by atoms with van der Waals surface area (Å²) >= 11 is 0. The second-order valence-corrected chi connectivity index (χ2v) is 7.64. The average molecular weight is 422 g/mol. The lowest BCUT2D eigenvalue weighted by Crippen LogP contribution is -2.10. The summed E-state index contributed by atoms with van der Waals surface area (Å²) in [5.41, 5.74) is 7.96. The molecule has 3 aromatic carbocycles. The van der Waals surface area contributed by atoms with Crippen molar-refractivity contribution in [1.29, 1.82) is 0 Å². The molecule has 6 nitrogen and oxygen atoms in total. The van der Waals surface area contributed by atoms with Crippen LogP contribution in [0.4, 0.5) is 5.82 Å². The number of benzene rings is 3. The number of aromatic nitrogens is 2. The Hall–Kier alpha value is -4.19. The fourth-order valence-corrected chi connectivity index (χ4v) is 3.87. The van der Waals surface area contributed by atoms with E-state index in [1.807, 2.05) is 60.7 Å². The number of para-hydroxylation sites is 1. The van der Waals surface area contributed by atoms with Crippen molar-refractivity contribution in [2.75, 3.05) is 12.5 Å². The van der Waals surface area contributed by atoms with E-state index in [-0.39, 0.29) is 0 Å². The Morgan fingerprint density at radius 3 is 2.56 bits per heavy atom. The molecule has 0 aliphatic carbocycles. The third-order valence-corrected chi connectivity index (χ3v) is 5.39. The topological polar surface area (TPSA) is 72.5 Å². The van der Waals surface area contributed by atoms with Crippen molar-refractivity contribution < 1.29 is 9.15 Å². The van der Waals surface area contributed by atoms with E-state index in [4.69, 9.17) is 14.3 Å². The minimum absolute atomic E-state index is 0.653. The van der Waals surface area contributed by atoms with Gasteiger partial charge in [-0.25, -0.2) is 9.97 Å². The molecule has 0 amide bonds. The lowest BCUT2D eigenvalue weighted by Gasteiger charge is -2.09. The van der Waals surface area contributed by atoms with Gasteiger partial charge in [0.15, 0.2) is 5.82 Å². The molecule has 5 aromatic rings. The molecule has 0 atom stereocenters. The summed E-state index contributed by atoms with van der Waals surface area (Å²) in [6.45, 7) is 4.13. The number of fused-ring (bicyclic) bond motifs is 2. The molecule has 0 aliphatic rings. The number of aryl methyl sites for hydroxylation is 2. The quantitative estimate of drug-likeness (QED) is 0.382. The van der Waals surface area contributed by atoms with E-state index in [9.17, 15) is 0 Å². The van der Waals surface area contributed by atoms with E-state index in [1.165, 1.54) is 6.33 Å². The highest BCUT2D eigenvalue weighted by atomic mass is 16.5. The minimum atomic E-state index is 0.653. The van der Waals surface area contributed by atoms with E-state index < -0.39 is 0 Å². The summed E-state index contributed by atoms with van der Waals surface area (Å²) in [6.07, 6.45) is 1.54. The number of nitrogens with one attached hydrogen (secondary N) is 1. The van der Waals surface area contributed by atoms with Crippen LogP contribution in [0.2, 0.25) is 0 Å². The number of anilines is 1. The third kappa shape index (κ3) is 3.67. The molecular formula is C26H22N4O2. The average Bonchev–Trinajstić information content (AvgIpc) is 2.82. The van der Waals surface area contributed by atoms with Crippen molar-refractivity contribution in [3.8, 4) is 17.1 Å². The molecule has 0 saturated carbocycles. The molecule has 6 heteroatoms. The lowest BCUT2D eigenvalue weighted by atomic mass is 10.0. The highest BCUT2D eigenvalue weighted by Gasteiger charge is 2.10. The zero-order chi connectivity index (χ0) is 22.1. The first-order chi connectivity index (χ1) is 15.6. The summed E-state index contributed by atoms with van der Waals surface area (Å²) in [4.78, 5) is 8.71. The van der Waals surface area contributed by atoms with Gasteiger partial charge in [-0.05, 0) is 67.4 Å². The molecule has 1 N–H and O–H groups in total. The van der Waals surface area contributed by atoms with Gasteiger partial charge >= 0.3 is 0 Å². The molecule has 32 heavy (non-hydrogen) atoms. The number of hydrogen-bond acceptors (Lipinski definition) is 6. The third-order valence-electron chi connectivity index (χ3n) is 5.39. The lowest BCUT2D eigenvalue weighted by molar-refractivity contribution is 0.415. The zero-order valence-corrected chi connectivity index (χ0v) is 18.1. The van der Waals surface area contributed by atoms with Gasteiger partial charge in [-0.1, -0.05) is 18.2 Å². The van der Waals surface area contributed by atoms with Gasteiger partial charge in [-0.3, -0.25) is 5.43 Å². The highest BCUT2D eigenvalue weighted by molar-refractivity contribution is 5.88.